The van der Waals surface area contributed by atoms with E-state index in [1.54, 1.807) is 31.2 Å². The van der Waals surface area contributed by atoms with E-state index in [0.29, 0.717) is 13.0 Å². The summed E-state index contributed by atoms with van der Waals surface area (Å²) in [5.74, 6) is 0. The molecule has 7 nitrogen and oxygen atoms in total. The molecule has 0 fully saturated rings. The summed E-state index contributed by atoms with van der Waals surface area (Å²) in [5, 5.41) is 26.3. The SMILES string of the molecule is C[C@](O)(CNC(=O)NCCc1ccc([N+](=O)[O-])cc1)c1ccccc1. The van der Waals surface area contributed by atoms with E-state index in [-0.39, 0.29) is 18.3 Å². The van der Waals surface area contributed by atoms with Crippen molar-refractivity contribution in [3.05, 3.63) is 75.8 Å². The standard InChI is InChI=1S/C18H21N3O4/c1-18(23,15-5-3-2-4-6-15)13-20-17(22)19-12-11-14-7-9-16(10-8-14)21(24)25/h2-10,23H,11-13H2,1H3,(H2,19,20,22)/t18-/m0/s1. The molecule has 2 amide bonds. The number of carbonyl (C=O) groups is 1. The fraction of sp³-hybridized carbons (Fsp3) is 0.278. The smallest absolute Gasteiger partial charge is 0.314 e. The summed E-state index contributed by atoms with van der Waals surface area (Å²) >= 11 is 0. The molecule has 1 atom stereocenters. The van der Waals surface area contributed by atoms with Gasteiger partial charge in [-0.05, 0) is 24.5 Å². The molecule has 0 heterocycles. The van der Waals surface area contributed by atoms with Crippen molar-refractivity contribution in [3.63, 3.8) is 0 Å². The number of nitrogens with zero attached hydrogens (tertiary/aromatic N) is 1. The van der Waals surface area contributed by atoms with Crippen molar-refractivity contribution in [2.24, 2.45) is 0 Å². The van der Waals surface area contributed by atoms with Crippen LogP contribution in [0, 0.1) is 10.1 Å². The number of carbonyl (C=O) groups excluding carboxylic acids is 1. The number of amides is 2. The summed E-state index contributed by atoms with van der Waals surface area (Å²) in [4.78, 5) is 22.0. The van der Waals surface area contributed by atoms with E-state index < -0.39 is 10.5 Å². The minimum atomic E-state index is -1.16. The Morgan fingerprint density at radius 3 is 2.36 bits per heavy atom. The molecule has 0 bridgehead atoms. The first-order valence-corrected chi connectivity index (χ1v) is 7.91. The van der Waals surface area contributed by atoms with E-state index in [9.17, 15) is 20.0 Å². The molecule has 2 aromatic carbocycles. The first kappa shape index (κ1) is 18.4. The highest BCUT2D eigenvalue weighted by Gasteiger charge is 2.23. The van der Waals surface area contributed by atoms with Gasteiger partial charge in [-0.15, -0.1) is 0 Å². The summed E-state index contributed by atoms with van der Waals surface area (Å²) in [7, 11) is 0. The molecule has 0 unspecified atom stereocenters. The van der Waals surface area contributed by atoms with Crippen molar-refractivity contribution < 1.29 is 14.8 Å². The molecule has 25 heavy (non-hydrogen) atoms. The van der Waals surface area contributed by atoms with E-state index in [2.05, 4.69) is 10.6 Å². The molecule has 0 saturated heterocycles. The zero-order valence-electron chi connectivity index (χ0n) is 13.9. The van der Waals surface area contributed by atoms with Gasteiger partial charge in [-0.1, -0.05) is 42.5 Å². The maximum Gasteiger partial charge on any atom is 0.314 e. The van der Waals surface area contributed by atoms with Gasteiger partial charge >= 0.3 is 6.03 Å². The molecular weight excluding hydrogens is 322 g/mol. The number of nitro groups is 1. The normalized spacial score (nSPS) is 12.9. The number of hydrogen-bond acceptors (Lipinski definition) is 4. The third-order valence-electron chi connectivity index (χ3n) is 3.84. The predicted octanol–water partition coefficient (Wildman–Crippen LogP) is 2.34. The summed E-state index contributed by atoms with van der Waals surface area (Å²) in [6, 6.07) is 14.9. The van der Waals surface area contributed by atoms with Crippen LogP contribution in [-0.4, -0.2) is 29.2 Å². The molecule has 0 aliphatic carbocycles. The third kappa shape index (κ3) is 5.58. The molecule has 0 aliphatic heterocycles. The van der Waals surface area contributed by atoms with E-state index in [0.717, 1.165) is 11.1 Å². The Bertz CT molecular complexity index is 715. The average molecular weight is 343 g/mol. The van der Waals surface area contributed by atoms with Crippen LogP contribution in [0.4, 0.5) is 10.5 Å². The van der Waals surface area contributed by atoms with Crippen LogP contribution in [0.3, 0.4) is 0 Å². The van der Waals surface area contributed by atoms with Gasteiger partial charge in [-0.3, -0.25) is 10.1 Å². The third-order valence-corrected chi connectivity index (χ3v) is 3.84. The number of benzene rings is 2. The van der Waals surface area contributed by atoms with Gasteiger partial charge in [0.2, 0.25) is 0 Å². The van der Waals surface area contributed by atoms with Crippen LogP contribution in [-0.2, 0) is 12.0 Å². The Morgan fingerprint density at radius 1 is 1.12 bits per heavy atom. The number of non-ortho nitro benzene ring substituents is 1. The largest absolute Gasteiger partial charge is 0.384 e. The number of nitro benzene ring substituents is 1. The topological polar surface area (TPSA) is 104 Å². The van der Waals surface area contributed by atoms with Gasteiger partial charge in [0.15, 0.2) is 0 Å². The lowest BCUT2D eigenvalue weighted by atomic mass is 9.96. The zero-order valence-corrected chi connectivity index (χ0v) is 13.9. The van der Waals surface area contributed by atoms with Crippen molar-refractivity contribution in [1.82, 2.24) is 10.6 Å². The van der Waals surface area contributed by atoms with Crippen LogP contribution in [0.5, 0.6) is 0 Å². The fourth-order valence-corrected chi connectivity index (χ4v) is 2.32. The highest BCUT2D eigenvalue weighted by Crippen LogP contribution is 2.18. The monoisotopic (exact) mass is 343 g/mol. The van der Waals surface area contributed by atoms with Crippen molar-refractivity contribution in [3.8, 4) is 0 Å². The van der Waals surface area contributed by atoms with E-state index in [1.165, 1.54) is 12.1 Å². The molecule has 0 radical (unpaired) electrons. The average Bonchev–Trinajstić information content (AvgIpc) is 2.61. The van der Waals surface area contributed by atoms with Gasteiger partial charge in [0.05, 0.1) is 11.5 Å². The number of urea groups is 1. The molecule has 0 saturated carbocycles. The van der Waals surface area contributed by atoms with Gasteiger partial charge in [0, 0.05) is 18.7 Å². The van der Waals surface area contributed by atoms with Gasteiger partial charge < -0.3 is 15.7 Å². The fourth-order valence-electron chi connectivity index (χ4n) is 2.32. The highest BCUT2D eigenvalue weighted by molar-refractivity contribution is 5.73. The molecule has 2 aromatic rings. The first-order valence-electron chi connectivity index (χ1n) is 7.91. The Labute approximate surface area is 145 Å². The molecule has 0 aliphatic rings. The first-order chi connectivity index (χ1) is 11.9. The molecular formula is C18H21N3O4. The minimum Gasteiger partial charge on any atom is -0.384 e. The summed E-state index contributed by atoms with van der Waals surface area (Å²) in [6.07, 6.45) is 0.556. The van der Waals surface area contributed by atoms with Crippen molar-refractivity contribution in [2.45, 2.75) is 18.9 Å². The number of aliphatic hydroxyl groups is 1. The Balaban J connectivity index is 1.74. The van der Waals surface area contributed by atoms with E-state index in [4.69, 9.17) is 0 Å². The van der Waals surface area contributed by atoms with Crippen molar-refractivity contribution >= 4 is 11.7 Å². The molecule has 0 spiro atoms. The molecule has 7 heteroatoms. The van der Waals surface area contributed by atoms with Crippen LogP contribution in [0.2, 0.25) is 0 Å². The van der Waals surface area contributed by atoms with Crippen LogP contribution < -0.4 is 10.6 Å². The lowest BCUT2D eigenvalue weighted by Gasteiger charge is -2.24. The molecule has 132 valence electrons. The van der Waals surface area contributed by atoms with Crippen molar-refractivity contribution in [1.29, 1.82) is 0 Å². The predicted molar refractivity (Wildman–Crippen MR) is 94.2 cm³/mol. The lowest BCUT2D eigenvalue weighted by molar-refractivity contribution is -0.384. The summed E-state index contributed by atoms with van der Waals surface area (Å²) in [5.41, 5.74) is 0.498. The summed E-state index contributed by atoms with van der Waals surface area (Å²) in [6.45, 7) is 2.11. The Hall–Kier alpha value is -2.93. The van der Waals surface area contributed by atoms with Crippen LogP contribution in [0.15, 0.2) is 54.6 Å². The minimum absolute atomic E-state index is 0.0394. The molecule has 0 aromatic heterocycles. The van der Waals surface area contributed by atoms with Gasteiger partial charge in [0.1, 0.15) is 5.60 Å². The number of rotatable bonds is 7. The van der Waals surface area contributed by atoms with Gasteiger partial charge in [-0.25, -0.2) is 4.79 Å². The quantitative estimate of drug-likeness (QED) is 0.530. The van der Waals surface area contributed by atoms with Crippen LogP contribution >= 0.6 is 0 Å². The van der Waals surface area contributed by atoms with Gasteiger partial charge in [-0.2, -0.15) is 0 Å². The number of hydrogen-bond donors (Lipinski definition) is 3. The second-order valence-corrected chi connectivity index (χ2v) is 5.92. The highest BCUT2D eigenvalue weighted by atomic mass is 16.6. The maximum absolute atomic E-state index is 11.8. The maximum atomic E-state index is 11.8. The van der Waals surface area contributed by atoms with Crippen molar-refractivity contribution in [2.75, 3.05) is 13.1 Å². The van der Waals surface area contributed by atoms with Crippen LogP contribution in [0.25, 0.3) is 0 Å². The summed E-state index contributed by atoms with van der Waals surface area (Å²) < 4.78 is 0. The number of nitrogens with one attached hydrogen (secondary N) is 2. The lowest BCUT2D eigenvalue weighted by Crippen LogP contribution is -2.43. The van der Waals surface area contributed by atoms with Gasteiger partial charge in [0.25, 0.3) is 5.69 Å². The molecule has 2 rings (SSSR count). The van der Waals surface area contributed by atoms with E-state index in [1.807, 2.05) is 18.2 Å². The second-order valence-electron chi connectivity index (χ2n) is 5.92. The zero-order chi connectivity index (χ0) is 18.3. The van der Waals surface area contributed by atoms with E-state index >= 15 is 0 Å². The Kier molecular flexibility index (Phi) is 6.08. The Morgan fingerprint density at radius 2 is 1.76 bits per heavy atom. The van der Waals surface area contributed by atoms with Crippen LogP contribution in [0.1, 0.15) is 18.1 Å². The molecule has 3 N–H and O–H groups in total. The second kappa shape index (κ2) is 8.25.